The Bertz CT molecular complexity index is 629. The van der Waals surface area contributed by atoms with Crippen LogP contribution in [0.3, 0.4) is 0 Å². The van der Waals surface area contributed by atoms with Crippen molar-refractivity contribution in [1.29, 1.82) is 0 Å². The molecule has 0 unspecified atom stereocenters. The van der Waals surface area contributed by atoms with Crippen LogP contribution in [0.1, 0.15) is 24.2 Å². The smallest absolute Gasteiger partial charge is 0.171 e. The molecular weight excluding hydrogens is 295 g/mol. The van der Waals surface area contributed by atoms with Gasteiger partial charge in [0.05, 0.1) is 18.2 Å². The molecule has 0 saturated carbocycles. The summed E-state index contributed by atoms with van der Waals surface area (Å²) < 4.78 is 24.4. The molecule has 0 aliphatic rings. The van der Waals surface area contributed by atoms with E-state index >= 15 is 0 Å². The summed E-state index contributed by atoms with van der Waals surface area (Å²) in [4.78, 5) is 0. The number of aliphatic hydroxyl groups excluding tert-OH is 1. The van der Waals surface area contributed by atoms with Crippen molar-refractivity contribution in [3.63, 3.8) is 0 Å². The van der Waals surface area contributed by atoms with Crippen molar-refractivity contribution in [2.45, 2.75) is 19.6 Å². The second kappa shape index (κ2) is 6.78. The van der Waals surface area contributed by atoms with Crippen LogP contribution in [0, 0.1) is 5.82 Å². The molecule has 5 heteroatoms. The highest BCUT2D eigenvalue weighted by Gasteiger charge is 2.11. The fourth-order valence-electron chi connectivity index (χ4n) is 1.87. The van der Waals surface area contributed by atoms with E-state index in [-0.39, 0.29) is 12.4 Å². The maximum absolute atomic E-state index is 14.0. The van der Waals surface area contributed by atoms with Gasteiger partial charge in [0, 0.05) is 5.56 Å². The van der Waals surface area contributed by atoms with Gasteiger partial charge in [0.1, 0.15) is 12.4 Å². The number of hydrogen-bond donors (Lipinski definition) is 1. The molecule has 2 aromatic carbocycles. The lowest BCUT2D eigenvalue weighted by Crippen LogP contribution is -2.01. The van der Waals surface area contributed by atoms with E-state index in [1.807, 2.05) is 0 Å². The van der Waals surface area contributed by atoms with Crippen LogP contribution in [0.5, 0.6) is 11.5 Å². The topological polar surface area (TPSA) is 38.7 Å². The summed E-state index contributed by atoms with van der Waals surface area (Å²) in [6.45, 7) is 1.69. The maximum Gasteiger partial charge on any atom is 0.171 e. The fraction of sp³-hybridized carbons (Fsp3) is 0.250. The molecule has 0 bridgehead atoms. The number of benzene rings is 2. The van der Waals surface area contributed by atoms with Crippen molar-refractivity contribution in [3.05, 3.63) is 58.4 Å². The highest BCUT2D eigenvalue weighted by atomic mass is 35.5. The van der Waals surface area contributed by atoms with Crippen molar-refractivity contribution < 1.29 is 19.0 Å². The van der Waals surface area contributed by atoms with Crippen molar-refractivity contribution in [3.8, 4) is 11.5 Å². The fourth-order valence-corrected chi connectivity index (χ4v) is 2.12. The molecular formula is C16H16ClFO3. The van der Waals surface area contributed by atoms with Crippen molar-refractivity contribution >= 4 is 11.6 Å². The summed E-state index contributed by atoms with van der Waals surface area (Å²) in [5.74, 6) is 0.159. The van der Waals surface area contributed by atoms with E-state index in [0.29, 0.717) is 21.9 Å². The van der Waals surface area contributed by atoms with Crippen molar-refractivity contribution in [1.82, 2.24) is 0 Å². The first kappa shape index (κ1) is 15.6. The molecule has 2 rings (SSSR count). The number of hydrogen-bond acceptors (Lipinski definition) is 3. The zero-order valence-electron chi connectivity index (χ0n) is 11.8. The zero-order chi connectivity index (χ0) is 15.4. The van der Waals surface area contributed by atoms with E-state index < -0.39 is 11.9 Å². The molecule has 0 aromatic heterocycles. The minimum absolute atomic E-state index is 0.0385. The molecule has 2 aromatic rings. The van der Waals surface area contributed by atoms with Crippen LogP contribution in [-0.2, 0) is 6.61 Å². The second-order valence-electron chi connectivity index (χ2n) is 4.59. The molecule has 0 heterocycles. The molecule has 0 fully saturated rings. The van der Waals surface area contributed by atoms with Gasteiger partial charge in [0.15, 0.2) is 11.6 Å². The Morgan fingerprint density at radius 3 is 2.62 bits per heavy atom. The molecule has 0 saturated heterocycles. The molecule has 21 heavy (non-hydrogen) atoms. The Hall–Kier alpha value is -1.78. The van der Waals surface area contributed by atoms with Crippen LogP contribution in [0.4, 0.5) is 4.39 Å². The minimum Gasteiger partial charge on any atom is -0.494 e. The first-order valence-electron chi connectivity index (χ1n) is 6.44. The van der Waals surface area contributed by atoms with Gasteiger partial charge in [-0.05, 0) is 30.7 Å². The Balaban J connectivity index is 2.13. The van der Waals surface area contributed by atoms with Crippen LogP contribution in [0.2, 0.25) is 5.02 Å². The molecule has 0 aliphatic heterocycles. The average Bonchev–Trinajstić information content (AvgIpc) is 2.47. The van der Waals surface area contributed by atoms with Gasteiger partial charge in [-0.1, -0.05) is 29.8 Å². The Morgan fingerprint density at radius 2 is 2.00 bits per heavy atom. The molecule has 0 radical (unpaired) electrons. The summed E-state index contributed by atoms with van der Waals surface area (Å²) in [5.41, 5.74) is 1.07. The third kappa shape index (κ3) is 3.65. The Morgan fingerprint density at radius 1 is 1.24 bits per heavy atom. The van der Waals surface area contributed by atoms with Gasteiger partial charge in [-0.25, -0.2) is 4.39 Å². The monoisotopic (exact) mass is 310 g/mol. The summed E-state index contributed by atoms with van der Waals surface area (Å²) in [6.07, 6.45) is -0.604. The molecule has 1 N–H and O–H groups in total. The van der Waals surface area contributed by atoms with Gasteiger partial charge in [0.2, 0.25) is 0 Å². The van der Waals surface area contributed by atoms with E-state index in [9.17, 15) is 9.50 Å². The summed E-state index contributed by atoms with van der Waals surface area (Å²) >= 11 is 6.08. The zero-order valence-corrected chi connectivity index (χ0v) is 12.5. The lowest BCUT2D eigenvalue weighted by molar-refractivity contribution is 0.199. The van der Waals surface area contributed by atoms with Crippen molar-refractivity contribution in [2.75, 3.05) is 7.11 Å². The standard InChI is InChI=1S/C16H16ClFO3/c1-10(19)11-6-7-14(13(17)8-11)21-9-12-4-3-5-15(20-2)16(12)18/h3-8,10,19H,9H2,1-2H3/t10-/m0/s1. The summed E-state index contributed by atoms with van der Waals surface area (Å²) in [5, 5.41) is 9.85. The number of aliphatic hydroxyl groups is 1. The molecule has 0 spiro atoms. The van der Waals surface area contributed by atoms with Crippen LogP contribution >= 0.6 is 11.6 Å². The highest BCUT2D eigenvalue weighted by molar-refractivity contribution is 6.32. The van der Waals surface area contributed by atoms with E-state index in [4.69, 9.17) is 21.1 Å². The number of rotatable bonds is 5. The van der Waals surface area contributed by atoms with E-state index in [1.54, 1.807) is 43.3 Å². The number of ether oxygens (including phenoxy) is 2. The molecule has 0 amide bonds. The second-order valence-corrected chi connectivity index (χ2v) is 5.00. The normalized spacial score (nSPS) is 12.0. The van der Waals surface area contributed by atoms with Crippen LogP contribution < -0.4 is 9.47 Å². The first-order valence-corrected chi connectivity index (χ1v) is 6.82. The summed E-state index contributed by atoms with van der Waals surface area (Å²) in [6, 6.07) is 9.86. The number of halogens is 2. The van der Waals surface area contributed by atoms with E-state index in [2.05, 4.69) is 0 Å². The van der Waals surface area contributed by atoms with Gasteiger partial charge in [-0.15, -0.1) is 0 Å². The van der Waals surface area contributed by atoms with Gasteiger partial charge in [0.25, 0.3) is 0 Å². The predicted octanol–water partition coefficient (Wildman–Crippen LogP) is 4.12. The third-order valence-electron chi connectivity index (χ3n) is 3.08. The third-order valence-corrected chi connectivity index (χ3v) is 3.38. The first-order chi connectivity index (χ1) is 10.0. The van der Waals surface area contributed by atoms with Gasteiger partial charge in [-0.3, -0.25) is 0 Å². The van der Waals surface area contributed by atoms with Crippen molar-refractivity contribution in [2.24, 2.45) is 0 Å². The van der Waals surface area contributed by atoms with E-state index in [1.165, 1.54) is 7.11 Å². The molecule has 112 valence electrons. The largest absolute Gasteiger partial charge is 0.494 e. The quantitative estimate of drug-likeness (QED) is 0.903. The highest BCUT2D eigenvalue weighted by Crippen LogP contribution is 2.29. The minimum atomic E-state index is -0.604. The lowest BCUT2D eigenvalue weighted by atomic mass is 10.1. The number of methoxy groups -OCH3 is 1. The lowest BCUT2D eigenvalue weighted by Gasteiger charge is -2.12. The molecule has 0 aliphatic carbocycles. The Kier molecular flexibility index (Phi) is 5.04. The van der Waals surface area contributed by atoms with Gasteiger partial charge >= 0.3 is 0 Å². The average molecular weight is 311 g/mol. The summed E-state index contributed by atoms with van der Waals surface area (Å²) in [7, 11) is 1.41. The molecule has 3 nitrogen and oxygen atoms in total. The SMILES string of the molecule is COc1cccc(COc2ccc([C@H](C)O)cc2Cl)c1F. The Labute approximate surface area is 127 Å². The van der Waals surface area contributed by atoms with Crippen LogP contribution in [0.15, 0.2) is 36.4 Å². The molecule has 1 atom stereocenters. The van der Waals surface area contributed by atoms with Crippen LogP contribution in [-0.4, -0.2) is 12.2 Å². The predicted molar refractivity (Wildman–Crippen MR) is 79.4 cm³/mol. The maximum atomic E-state index is 14.0. The van der Waals surface area contributed by atoms with Gasteiger partial charge < -0.3 is 14.6 Å². The van der Waals surface area contributed by atoms with E-state index in [0.717, 1.165) is 0 Å². The van der Waals surface area contributed by atoms with Gasteiger partial charge in [-0.2, -0.15) is 0 Å². The van der Waals surface area contributed by atoms with Crippen LogP contribution in [0.25, 0.3) is 0 Å².